The number of carboxylic acids is 1. The second kappa shape index (κ2) is 12.1. The highest BCUT2D eigenvalue weighted by Crippen LogP contribution is 2.44. The molecule has 0 heterocycles. The van der Waals surface area contributed by atoms with Crippen LogP contribution in [-0.4, -0.2) is 54.3 Å². The molecule has 0 fully saturated rings. The van der Waals surface area contributed by atoms with Gasteiger partial charge in [-0.2, -0.15) is 0 Å². The van der Waals surface area contributed by atoms with E-state index in [2.05, 4.69) is 16.0 Å². The molecule has 0 aromatic heterocycles. The normalized spacial score (nSPS) is 13.8. The van der Waals surface area contributed by atoms with E-state index in [4.69, 9.17) is 10.5 Å². The smallest absolute Gasteiger partial charge is 0.407 e. The summed E-state index contributed by atoms with van der Waals surface area (Å²) in [6.07, 6.45) is -0.382. The van der Waals surface area contributed by atoms with Crippen molar-refractivity contribution in [1.82, 2.24) is 16.0 Å². The van der Waals surface area contributed by atoms with E-state index in [1.165, 1.54) is 0 Å². The van der Waals surface area contributed by atoms with Crippen LogP contribution >= 0.6 is 0 Å². The second-order valence-corrected chi connectivity index (χ2v) is 9.02. The monoisotopic (exact) mass is 496 g/mol. The van der Waals surface area contributed by atoms with Gasteiger partial charge in [0.1, 0.15) is 18.7 Å². The van der Waals surface area contributed by atoms with Crippen molar-refractivity contribution in [2.75, 3.05) is 13.2 Å². The fraction of sp³-hybridized carbons (Fsp3) is 0.385. The Morgan fingerprint density at radius 3 is 2.08 bits per heavy atom. The van der Waals surface area contributed by atoms with Gasteiger partial charge < -0.3 is 31.5 Å². The second-order valence-electron chi connectivity index (χ2n) is 9.02. The lowest BCUT2D eigenvalue weighted by atomic mass is 9.98. The first-order valence-electron chi connectivity index (χ1n) is 11.9. The van der Waals surface area contributed by atoms with E-state index in [0.717, 1.165) is 22.3 Å². The van der Waals surface area contributed by atoms with Gasteiger partial charge >= 0.3 is 18.1 Å². The van der Waals surface area contributed by atoms with Crippen molar-refractivity contribution in [3.8, 4) is 11.1 Å². The molecule has 3 rings (SSSR count). The predicted molar refractivity (Wildman–Crippen MR) is 133 cm³/mol. The van der Waals surface area contributed by atoms with Gasteiger partial charge in [0.05, 0.1) is 0 Å². The highest BCUT2D eigenvalue weighted by Gasteiger charge is 2.31. The number of carbonyl (C=O) groups is 4. The van der Waals surface area contributed by atoms with Crippen LogP contribution in [0.2, 0.25) is 0 Å². The van der Waals surface area contributed by atoms with Crippen LogP contribution < -0.4 is 21.7 Å². The molecule has 0 aliphatic heterocycles. The molecular weight excluding hydrogens is 464 g/mol. The molecule has 1 aliphatic carbocycles. The molecule has 0 bridgehead atoms. The molecule has 192 valence electrons. The zero-order chi connectivity index (χ0) is 26.2. The van der Waals surface area contributed by atoms with Crippen molar-refractivity contribution in [2.24, 2.45) is 11.7 Å². The van der Waals surface area contributed by atoms with Gasteiger partial charge in [-0.25, -0.2) is 14.4 Å². The number of fused-ring (bicyclic) bond motifs is 3. The van der Waals surface area contributed by atoms with Crippen molar-refractivity contribution in [2.45, 2.75) is 44.7 Å². The van der Waals surface area contributed by atoms with Crippen LogP contribution in [0.15, 0.2) is 48.5 Å². The molecule has 10 heteroatoms. The van der Waals surface area contributed by atoms with E-state index in [9.17, 15) is 24.3 Å². The van der Waals surface area contributed by atoms with E-state index < -0.39 is 36.1 Å². The summed E-state index contributed by atoms with van der Waals surface area (Å²) in [5, 5.41) is 16.9. The number of alkyl carbamates (subject to hydrolysis) is 1. The standard InChI is InChI=1S/C26H32N4O6/c1-15(2)22(23(31)29-21(24(32)33)12-7-13-28-25(27)34)30-26(35)36-14-20-18-10-5-3-8-16(18)17-9-4-6-11-19(17)20/h3-6,8-11,15,20-22H,7,12-14H2,1-2H3,(H,29,31)(H,30,35)(H,32,33)(H3,27,28,34)/t21-,22+/m1/s1. The van der Waals surface area contributed by atoms with E-state index in [-0.39, 0.29) is 31.4 Å². The number of aliphatic carboxylic acids is 1. The quantitative estimate of drug-likeness (QED) is 0.301. The highest BCUT2D eigenvalue weighted by molar-refractivity contribution is 5.89. The summed E-state index contributed by atoms with van der Waals surface area (Å²) >= 11 is 0. The first-order valence-corrected chi connectivity index (χ1v) is 11.9. The van der Waals surface area contributed by atoms with Gasteiger partial charge in [0.25, 0.3) is 0 Å². The Morgan fingerprint density at radius 2 is 1.56 bits per heavy atom. The molecule has 36 heavy (non-hydrogen) atoms. The van der Waals surface area contributed by atoms with Crippen LogP contribution in [0.1, 0.15) is 43.7 Å². The molecule has 2 aromatic rings. The number of hydrogen-bond donors (Lipinski definition) is 5. The summed E-state index contributed by atoms with van der Waals surface area (Å²) < 4.78 is 5.53. The Hall–Kier alpha value is -4.08. The molecule has 0 unspecified atom stereocenters. The predicted octanol–water partition coefficient (Wildman–Crippen LogP) is 2.57. The van der Waals surface area contributed by atoms with Crippen molar-refractivity contribution in [3.63, 3.8) is 0 Å². The number of ether oxygens (including phenoxy) is 1. The summed E-state index contributed by atoms with van der Waals surface area (Å²) in [5.41, 5.74) is 9.34. The van der Waals surface area contributed by atoms with E-state index in [0.29, 0.717) is 6.42 Å². The third kappa shape index (κ3) is 6.53. The van der Waals surface area contributed by atoms with Gasteiger partial charge in [0, 0.05) is 12.5 Å². The number of nitrogens with two attached hydrogens (primary N) is 1. The van der Waals surface area contributed by atoms with E-state index in [1.54, 1.807) is 13.8 Å². The average molecular weight is 497 g/mol. The fourth-order valence-electron chi connectivity index (χ4n) is 4.34. The van der Waals surface area contributed by atoms with Crippen molar-refractivity contribution in [3.05, 3.63) is 59.7 Å². The molecular formula is C26H32N4O6. The van der Waals surface area contributed by atoms with Gasteiger partial charge in [-0.3, -0.25) is 4.79 Å². The van der Waals surface area contributed by atoms with Crippen LogP contribution in [0.3, 0.4) is 0 Å². The Bertz CT molecular complexity index is 1070. The van der Waals surface area contributed by atoms with E-state index >= 15 is 0 Å². The van der Waals surface area contributed by atoms with Gasteiger partial charge in [-0.1, -0.05) is 62.4 Å². The molecule has 0 spiro atoms. The molecule has 1 aliphatic rings. The summed E-state index contributed by atoms with van der Waals surface area (Å²) in [4.78, 5) is 47.8. The molecule has 0 saturated heterocycles. The number of primary amides is 1. The number of urea groups is 1. The van der Waals surface area contributed by atoms with Crippen LogP contribution in [0.5, 0.6) is 0 Å². The number of rotatable bonds is 11. The lowest BCUT2D eigenvalue weighted by Crippen LogP contribution is -2.54. The van der Waals surface area contributed by atoms with Crippen LogP contribution in [0.25, 0.3) is 11.1 Å². The van der Waals surface area contributed by atoms with Crippen LogP contribution in [0.4, 0.5) is 9.59 Å². The molecule has 0 radical (unpaired) electrons. The molecule has 4 amide bonds. The Kier molecular flexibility index (Phi) is 8.88. The maximum Gasteiger partial charge on any atom is 0.407 e. The van der Waals surface area contributed by atoms with Gasteiger partial charge in [-0.05, 0) is 41.0 Å². The molecule has 0 saturated carbocycles. The fourth-order valence-corrected chi connectivity index (χ4v) is 4.34. The lowest BCUT2D eigenvalue weighted by molar-refractivity contribution is -0.142. The van der Waals surface area contributed by atoms with Crippen molar-refractivity contribution >= 4 is 24.0 Å². The molecule has 2 aromatic carbocycles. The lowest BCUT2D eigenvalue weighted by Gasteiger charge is -2.24. The third-order valence-electron chi connectivity index (χ3n) is 6.15. The maximum atomic E-state index is 12.8. The number of carboxylic acid groups (broad SMARTS) is 1. The number of hydrogen-bond acceptors (Lipinski definition) is 5. The summed E-state index contributed by atoms with van der Waals surface area (Å²) in [7, 11) is 0. The summed E-state index contributed by atoms with van der Waals surface area (Å²) in [6.45, 7) is 3.75. The van der Waals surface area contributed by atoms with Gasteiger partial charge in [0.2, 0.25) is 5.91 Å². The van der Waals surface area contributed by atoms with Crippen LogP contribution in [-0.2, 0) is 14.3 Å². The molecule has 2 atom stereocenters. The number of amides is 4. The van der Waals surface area contributed by atoms with Crippen molar-refractivity contribution < 1.29 is 29.0 Å². The third-order valence-corrected chi connectivity index (χ3v) is 6.15. The van der Waals surface area contributed by atoms with Crippen molar-refractivity contribution in [1.29, 1.82) is 0 Å². The first-order chi connectivity index (χ1) is 17.2. The highest BCUT2D eigenvalue weighted by atomic mass is 16.5. The Morgan fingerprint density at radius 1 is 0.972 bits per heavy atom. The van der Waals surface area contributed by atoms with Crippen LogP contribution in [0, 0.1) is 5.92 Å². The summed E-state index contributed by atoms with van der Waals surface area (Å²) in [5.74, 6) is -2.30. The maximum absolute atomic E-state index is 12.8. The minimum atomic E-state index is -1.22. The minimum absolute atomic E-state index is 0.0805. The first kappa shape index (κ1) is 26.5. The SMILES string of the molecule is CC(C)[C@H](NC(=O)OCC1c2ccccc2-c2ccccc21)C(=O)N[C@H](CCCNC(N)=O)C(=O)O. The molecule has 10 nitrogen and oxygen atoms in total. The van der Waals surface area contributed by atoms with E-state index in [1.807, 2.05) is 48.5 Å². The number of benzene rings is 2. The minimum Gasteiger partial charge on any atom is -0.480 e. The average Bonchev–Trinajstić information content (AvgIpc) is 3.16. The topological polar surface area (TPSA) is 160 Å². The zero-order valence-electron chi connectivity index (χ0n) is 20.3. The zero-order valence-corrected chi connectivity index (χ0v) is 20.3. The number of nitrogens with one attached hydrogen (secondary N) is 3. The Balaban J connectivity index is 1.59. The Labute approximate surface area is 209 Å². The summed E-state index contributed by atoms with van der Waals surface area (Å²) in [6, 6.07) is 13.0. The van der Waals surface area contributed by atoms with Gasteiger partial charge in [-0.15, -0.1) is 0 Å². The van der Waals surface area contributed by atoms with Gasteiger partial charge in [0.15, 0.2) is 0 Å². The largest absolute Gasteiger partial charge is 0.480 e. The number of carbonyl (C=O) groups excluding carboxylic acids is 3. The molecule has 6 N–H and O–H groups in total.